The Labute approximate surface area is 111 Å². The number of nitrogens with zero attached hydrogens (tertiary/aromatic N) is 1. The Balaban J connectivity index is 2.17. The fraction of sp³-hybridized carbons (Fsp3) is 0.625. The number of benzene rings is 1. The van der Waals surface area contributed by atoms with Crippen molar-refractivity contribution in [2.75, 3.05) is 18.0 Å². The molecule has 1 N–H and O–H groups in total. The number of anilines is 1. The second-order valence-electron chi connectivity index (χ2n) is 5.82. The number of aryl methyl sites for hydroxylation is 2. The molecule has 2 nitrogen and oxygen atoms in total. The zero-order chi connectivity index (χ0) is 13.1. The van der Waals surface area contributed by atoms with Crippen LogP contribution in [0.25, 0.3) is 0 Å². The molecule has 0 radical (unpaired) electrons. The summed E-state index contributed by atoms with van der Waals surface area (Å²) in [6, 6.07) is 8.02. The maximum absolute atomic E-state index is 3.65. The topological polar surface area (TPSA) is 15.3 Å². The van der Waals surface area contributed by atoms with Crippen LogP contribution in [0.2, 0.25) is 0 Å². The molecule has 2 rings (SSSR count). The molecular formula is C16H26N2. The smallest absolute Gasteiger partial charge is 0.0398 e. The Bertz CT molecular complexity index is 388. The van der Waals surface area contributed by atoms with E-state index in [9.17, 15) is 0 Å². The molecule has 100 valence electrons. The molecule has 1 fully saturated rings. The summed E-state index contributed by atoms with van der Waals surface area (Å²) < 4.78 is 0. The summed E-state index contributed by atoms with van der Waals surface area (Å²) in [5.74, 6) is 0. The zero-order valence-corrected chi connectivity index (χ0v) is 12.2. The molecule has 0 saturated carbocycles. The first-order valence-corrected chi connectivity index (χ1v) is 7.14. The van der Waals surface area contributed by atoms with E-state index in [-0.39, 0.29) is 0 Å². The first-order valence-electron chi connectivity index (χ1n) is 7.14. The van der Waals surface area contributed by atoms with Gasteiger partial charge in [0.05, 0.1) is 0 Å². The Morgan fingerprint density at radius 3 is 2.28 bits per heavy atom. The van der Waals surface area contributed by atoms with Gasteiger partial charge in [-0.05, 0) is 57.7 Å². The Hall–Kier alpha value is -1.02. The molecule has 0 aromatic heterocycles. The molecule has 0 spiro atoms. The van der Waals surface area contributed by atoms with Gasteiger partial charge in [-0.3, -0.25) is 0 Å². The highest BCUT2D eigenvalue weighted by Gasteiger charge is 2.17. The van der Waals surface area contributed by atoms with Gasteiger partial charge in [-0.2, -0.15) is 0 Å². The van der Waals surface area contributed by atoms with E-state index >= 15 is 0 Å². The van der Waals surface area contributed by atoms with Crippen molar-refractivity contribution < 1.29 is 0 Å². The van der Waals surface area contributed by atoms with Gasteiger partial charge in [-0.1, -0.05) is 12.1 Å². The van der Waals surface area contributed by atoms with Crippen LogP contribution in [0.4, 0.5) is 5.69 Å². The van der Waals surface area contributed by atoms with Crippen LogP contribution in [0.1, 0.15) is 37.8 Å². The van der Waals surface area contributed by atoms with Gasteiger partial charge in [0, 0.05) is 30.9 Å². The van der Waals surface area contributed by atoms with E-state index in [2.05, 4.69) is 56.1 Å². The highest BCUT2D eigenvalue weighted by atomic mass is 15.1. The minimum absolute atomic E-state index is 0.618. The monoisotopic (exact) mass is 246 g/mol. The molecule has 0 aliphatic carbocycles. The van der Waals surface area contributed by atoms with E-state index in [4.69, 9.17) is 0 Å². The second-order valence-corrected chi connectivity index (χ2v) is 5.82. The zero-order valence-electron chi connectivity index (χ0n) is 12.2. The van der Waals surface area contributed by atoms with Crippen molar-refractivity contribution in [1.82, 2.24) is 5.32 Å². The van der Waals surface area contributed by atoms with Gasteiger partial charge in [0.15, 0.2) is 0 Å². The summed E-state index contributed by atoms with van der Waals surface area (Å²) in [6.45, 7) is 11.3. The molecule has 18 heavy (non-hydrogen) atoms. The molecule has 0 amide bonds. The first-order chi connectivity index (χ1) is 8.56. The van der Waals surface area contributed by atoms with Gasteiger partial charge in [0.1, 0.15) is 0 Å². The van der Waals surface area contributed by atoms with Crippen LogP contribution in [0.5, 0.6) is 0 Å². The SMILES string of the molecule is Cc1ccc(C)c(N2CCC(C)NC(C)CC2)c1. The minimum Gasteiger partial charge on any atom is -0.371 e. The van der Waals surface area contributed by atoms with Crippen molar-refractivity contribution in [2.24, 2.45) is 0 Å². The van der Waals surface area contributed by atoms with Crippen LogP contribution in [0, 0.1) is 13.8 Å². The van der Waals surface area contributed by atoms with E-state index in [1.165, 1.54) is 29.7 Å². The van der Waals surface area contributed by atoms with Gasteiger partial charge >= 0.3 is 0 Å². The molecule has 0 bridgehead atoms. The average Bonchev–Trinajstić information content (AvgIpc) is 2.31. The third-order valence-electron chi connectivity index (χ3n) is 3.94. The first kappa shape index (κ1) is 13.4. The van der Waals surface area contributed by atoms with Crippen LogP contribution in [-0.2, 0) is 0 Å². The van der Waals surface area contributed by atoms with E-state index in [0.717, 1.165) is 13.1 Å². The summed E-state index contributed by atoms with van der Waals surface area (Å²) in [5, 5.41) is 3.65. The standard InChI is InChI=1S/C16H26N2/c1-12-5-6-13(2)16(11-12)18-9-7-14(3)17-15(4)8-10-18/h5-6,11,14-15,17H,7-10H2,1-4H3. The largest absolute Gasteiger partial charge is 0.371 e. The molecule has 1 aliphatic heterocycles. The van der Waals surface area contributed by atoms with Gasteiger partial charge < -0.3 is 10.2 Å². The van der Waals surface area contributed by atoms with Crippen molar-refractivity contribution in [3.8, 4) is 0 Å². The van der Waals surface area contributed by atoms with E-state index < -0.39 is 0 Å². The van der Waals surface area contributed by atoms with Crippen molar-refractivity contribution in [2.45, 2.75) is 52.6 Å². The van der Waals surface area contributed by atoms with E-state index in [0.29, 0.717) is 12.1 Å². The lowest BCUT2D eigenvalue weighted by atomic mass is 10.1. The highest BCUT2D eigenvalue weighted by Crippen LogP contribution is 2.23. The predicted molar refractivity (Wildman–Crippen MR) is 79.4 cm³/mol. The Morgan fingerprint density at radius 2 is 1.67 bits per heavy atom. The molecule has 1 aliphatic rings. The maximum Gasteiger partial charge on any atom is 0.0398 e. The molecule has 1 aromatic carbocycles. The molecule has 2 atom stereocenters. The highest BCUT2D eigenvalue weighted by molar-refractivity contribution is 5.55. The Kier molecular flexibility index (Phi) is 4.28. The lowest BCUT2D eigenvalue weighted by Gasteiger charge is -2.33. The molecule has 1 saturated heterocycles. The van der Waals surface area contributed by atoms with Gasteiger partial charge in [-0.15, -0.1) is 0 Å². The van der Waals surface area contributed by atoms with Gasteiger partial charge in [0.25, 0.3) is 0 Å². The molecule has 2 heteroatoms. The molecule has 1 heterocycles. The molecule has 2 unspecified atom stereocenters. The van der Waals surface area contributed by atoms with E-state index in [1.807, 2.05) is 0 Å². The van der Waals surface area contributed by atoms with E-state index in [1.54, 1.807) is 0 Å². The normalized spacial score (nSPS) is 25.7. The number of nitrogens with one attached hydrogen (secondary N) is 1. The average molecular weight is 246 g/mol. The summed E-state index contributed by atoms with van der Waals surface area (Å²) >= 11 is 0. The van der Waals surface area contributed by atoms with Crippen molar-refractivity contribution in [3.63, 3.8) is 0 Å². The predicted octanol–water partition coefficient (Wildman–Crippen LogP) is 3.27. The number of rotatable bonds is 1. The molecular weight excluding hydrogens is 220 g/mol. The van der Waals surface area contributed by atoms with Crippen LogP contribution in [-0.4, -0.2) is 25.2 Å². The van der Waals surface area contributed by atoms with Crippen molar-refractivity contribution in [1.29, 1.82) is 0 Å². The third kappa shape index (κ3) is 3.26. The van der Waals surface area contributed by atoms with Crippen LogP contribution in [0.3, 0.4) is 0 Å². The summed E-state index contributed by atoms with van der Waals surface area (Å²) in [4.78, 5) is 2.57. The van der Waals surface area contributed by atoms with Gasteiger partial charge in [-0.25, -0.2) is 0 Å². The molecule has 1 aromatic rings. The van der Waals surface area contributed by atoms with Crippen LogP contribution < -0.4 is 10.2 Å². The lowest BCUT2D eigenvalue weighted by Crippen LogP contribution is -2.43. The van der Waals surface area contributed by atoms with Crippen LogP contribution in [0.15, 0.2) is 18.2 Å². The fourth-order valence-corrected chi connectivity index (χ4v) is 2.76. The van der Waals surface area contributed by atoms with Crippen molar-refractivity contribution in [3.05, 3.63) is 29.3 Å². The lowest BCUT2D eigenvalue weighted by molar-refractivity contribution is 0.404. The number of hydrogen-bond acceptors (Lipinski definition) is 2. The second kappa shape index (κ2) is 5.75. The Morgan fingerprint density at radius 1 is 1.06 bits per heavy atom. The minimum atomic E-state index is 0.618. The van der Waals surface area contributed by atoms with Gasteiger partial charge in [0.2, 0.25) is 0 Å². The van der Waals surface area contributed by atoms with Crippen molar-refractivity contribution >= 4 is 5.69 Å². The fourth-order valence-electron chi connectivity index (χ4n) is 2.76. The number of hydrogen-bond donors (Lipinski definition) is 1. The summed E-state index contributed by atoms with van der Waals surface area (Å²) in [7, 11) is 0. The third-order valence-corrected chi connectivity index (χ3v) is 3.94. The summed E-state index contributed by atoms with van der Waals surface area (Å²) in [5.41, 5.74) is 4.18. The van der Waals surface area contributed by atoms with Crippen LogP contribution >= 0.6 is 0 Å². The maximum atomic E-state index is 3.65. The summed E-state index contributed by atoms with van der Waals surface area (Å²) in [6.07, 6.45) is 2.44. The quantitative estimate of drug-likeness (QED) is 0.818.